The Balaban J connectivity index is 2.44. The minimum atomic E-state index is -0.618. The van der Waals surface area contributed by atoms with Crippen molar-refractivity contribution >= 4 is 11.6 Å². The van der Waals surface area contributed by atoms with Crippen molar-refractivity contribution in [2.24, 2.45) is 0 Å². The minimum Gasteiger partial charge on any atom is -0.453 e. The van der Waals surface area contributed by atoms with Crippen molar-refractivity contribution in [2.75, 3.05) is 6.54 Å². The molecule has 0 fully saturated rings. The predicted molar refractivity (Wildman–Crippen MR) is 65.6 cm³/mol. The Kier molecular flexibility index (Phi) is 3.99. The van der Waals surface area contributed by atoms with Crippen LogP contribution in [0.4, 0.5) is 8.78 Å². The normalized spacial score (nSPS) is 12.7. The maximum absolute atomic E-state index is 13.2. The molecule has 0 aliphatic heterocycles. The molecule has 2 nitrogen and oxygen atoms in total. The molecule has 1 N–H and O–H groups in total. The van der Waals surface area contributed by atoms with Crippen LogP contribution in [0.2, 0.25) is 5.22 Å². The van der Waals surface area contributed by atoms with Gasteiger partial charge in [-0.15, -0.1) is 0 Å². The van der Waals surface area contributed by atoms with Crippen molar-refractivity contribution < 1.29 is 13.2 Å². The lowest BCUT2D eigenvalue weighted by Gasteiger charge is -2.17. The average Bonchev–Trinajstić information content (AvgIpc) is 2.71. The second kappa shape index (κ2) is 5.50. The van der Waals surface area contributed by atoms with E-state index in [4.69, 9.17) is 16.0 Å². The van der Waals surface area contributed by atoms with Crippen LogP contribution in [0.5, 0.6) is 0 Å². The van der Waals surface area contributed by atoms with E-state index in [1.54, 1.807) is 6.07 Å². The van der Waals surface area contributed by atoms with Gasteiger partial charge in [0.2, 0.25) is 0 Å². The fourth-order valence-corrected chi connectivity index (χ4v) is 2.09. The van der Waals surface area contributed by atoms with Gasteiger partial charge in [0, 0.05) is 11.6 Å². The van der Waals surface area contributed by atoms with E-state index in [0.717, 1.165) is 6.07 Å². The zero-order valence-electron chi connectivity index (χ0n) is 9.71. The van der Waals surface area contributed by atoms with Crippen molar-refractivity contribution in [3.8, 4) is 0 Å². The molecule has 2 rings (SSSR count). The van der Waals surface area contributed by atoms with Crippen molar-refractivity contribution in [2.45, 2.75) is 13.0 Å². The maximum atomic E-state index is 13.2. The van der Waals surface area contributed by atoms with E-state index in [1.807, 2.05) is 6.92 Å². The molecule has 1 atom stereocenters. The first kappa shape index (κ1) is 13.1. The van der Waals surface area contributed by atoms with E-state index < -0.39 is 17.7 Å². The zero-order chi connectivity index (χ0) is 13.1. The first-order valence-electron chi connectivity index (χ1n) is 5.54. The van der Waals surface area contributed by atoms with Gasteiger partial charge in [0.25, 0.3) is 0 Å². The van der Waals surface area contributed by atoms with Gasteiger partial charge in [-0.2, -0.15) is 0 Å². The third-order valence-corrected chi connectivity index (χ3v) is 2.89. The van der Waals surface area contributed by atoms with Crippen LogP contribution in [-0.2, 0) is 0 Å². The lowest BCUT2D eigenvalue weighted by Crippen LogP contribution is -2.22. The molecule has 0 bridgehead atoms. The number of benzene rings is 1. The summed E-state index contributed by atoms with van der Waals surface area (Å²) in [6.07, 6.45) is 1.44. The number of furan rings is 1. The third kappa shape index (κ3) is 2.71. The number of hydrogen-bond acceptors (Lipinski definition) is 2. The van der Waals surface area contributed by atoms with Crippen molar-refractivity contribution in [3.63, 3.8) is 0 Å². The molecule has 0 radical (unpaired) electrons. The molecule has 0 aliphatic carbocycles. The Morgan fingerprint density at radius 3 is 2.44 bits per heavy atom. The van der Waals surface area contributed by atoms with E-state index in [9.17, 15) is 8.78 Å². The second-order valence-corrected chi connectivity index (χ2v) is 4.19. The molecule has 0 spiro atoms. The van der Waals surface area contributed by atoms with E-state index in [0.29, 0.717) is 17.7 Å². The highest BCUT2D eigenvalue weighted by Gasteiger charge is 2.19. The zero-order valence-corrected chi connectivity index (χ0v) is 10.5. The first-order chi connectivity index (χ1) is 8.61. The quantitative estimate of drug-likeness (QED) is 0.912. The van der Waals surface area contributed by atoms with Crippen molar-refractivity contribution in [3.05, 3.63) is 58.5 Å². The van der Waals surface area contributed by atoms with Gasteiger partial charge in [-0.3, -0.25) is 0 Å². The van der Waals surface area contributed by atoms with E-state index >= 15 is 0 Å². The highest BCUT2D eigenvalue weighted by atomic mass is 35.5. The summed E-state index contributed by atoms with van der Waals surface area (Å²) in [6.45, 7) is 2.53. The van der Waals surface area contributed by atoms with Gasteiger partial charge >= 0.3 is 0 Å². The van der Waals surface area contributed by atoms with Crippen LogP contribution in [0, 0.1) is 11.6 Å². The number of halogens is 3. The standard InChI is InChI=1S/C13H12ClF2NO/c1-2-17-12(11-3-4-18-13(11)14)8-5-9(15)7-10(16)6-8/h3-7,12,17H,2H2,1H3. The summed E-state index contributed by atoms with van der Waals surface area (Å²) in [6, 6.07) is 4.67. The summed E-state index contributed by atoms with van der Waals surface area (Å²) >= 11 is 5.91. The lowest BCUT2D eigenvalue weighted by atomic mass is 10.0. The maximum Gasteiger partial charge on any atom is 0.198 e. The Hall–Kier alpha value is -1.39. The monoisotopic (exact) mass is 271 g/mol. The molecule has 5 heteroatoms. The molecular formula is C13H12ClF2NO. The molecular weight excluding hydrogens is 260 g/mol. The molecule has 0 saturated carbocycles. The fraction of sp³-hybridized carbons (Fsp3) is 0.231. The summed E-state index contributed by atoms with van der Waals surface area (Å²) in [7, 11) is 0. The molecule has 0 amide bonds. The van der Waals surface area contributed by atoms with Gasteiger partial charge < -0.3 is 9.73 Å². The number of hydrogen-bond donors (Lipinski definition) is 1. The van der Waals surface area contributed by atoms with Crippen LogP contribution in [-0.4, -0.2) is 6.54 Å². The van der Waals surface area contributed by atoms with E-state index in [-0.39, 0.29) is 5.22 Å². The molecule has 0 saturated heterocycles. The predicted octanol–water partition coefficient (Wildman–Crippen LogP) is 3.91. The van der Waals surface area contributed by atoms with Gasteiger partial charge in [0.05, 0.1) is 12.3 Å². The summed E-state index contributed by atoms with van der Waals surface area (Å²) in [5.74, 6) is -1.24. The molecule has 0 aliphatic rings. The second-order valence-electron chi connectivity index (χ2n) is 3.84. The van der Waals surface area contributed by atoms with E-state index in [2.05, 4.69) is 5.32 Å². The van der Waals surface area contributed by atoms with Crippen molar-refractivity contribution in [1.82, 2.24) is 5.32 Å². The number of rotatable bonds is 4. The Morgan fingerprint density at radius 2 is 1.94 bits per heavy atom. The van der Waals surface area contributed by atoms with Crippen LogP contribution in [0.25, 0.3) is 0 Å². The van der Waals surface area contributed by atoms with Crippen LogP contribution >= 0.6 is 11.6 Å². The highest BCUT2D eigenvalue weighted by Crippen LogP contribution is 2.29. The SMILES string of the molecule is CCNC(c1cc(F)cc(F)c1)c1ccoc1Cl. The molecule has 2 aromatic rings. The van der Waals surface area contributed by atoms with Crippen LogP contribution < -0.4 is 5.32 Å². The molecule has 1 heterocycles. The minimum absolute atomic E-state index is 0.214. The molecule has 18 heavy (non-hydrogen) atoms. The lowest BCUT2D eigenvalue weighted by molar-refractivity contribution is 0.547. The van der Waals surface area contributed by atoms with Gasteiger partial charge in [-0.05, 0) is 41.9 Å². The Bertz CT molecular complexity index is 521. The highest BCUT2D eigenvalue weighted by molar-refractivity contribution is 6.29. The van der Waals surface area contributed by atoms with Crippen molar-refractivity contribution in [1.29, 1.82) is 0 Å². The molecule has 1 unspecified atom stereocenters. The Morgan fingerprint density at radius 1 is 1.28 bits per heavy atom. The Labute approximate surface area is 109 Å². The molecule has 1 aromatic heterocycles. The van der Waals surface area contributed by atoms with Gasteiger partial charge in [0.15, 0.2) is 5.22 Å². The van der Waals surface area contributed by atoms with Crippen LogP contribution in [0.1, 0.15) is 24.1 Å². The summed E-state index contributed by atoms with van der Waals surface area (Å²) < 4.78 is 31.5. The van der Waals surface area contributed by atoms with Gasteiger partial charge in [0.1, 0.15) is 11.6 Å². The largest absolute Gasteiger partial charge is 0.453 e. The third-order valence-electron chi connectivity index (χ3n) is 2.58. The summed E-state index contributed by atoms with van der Waals surface area (Å²) in [4.78, 5) is 0. The summed E-state index contributed by atoms with van der Waals surface area (Å²) in [5.41, 5.74) is 1.13. The topological polar surface area (TPSA) is 25.2 Å². The van der Waals surface area contributed by atoms with E-state index in [1.165, 1.54) is 18.4 Å². The van der Waals surface area contributed by atoms with Gasteiger partial charge in [-0.1, -0.05) is 6.92 Å². The first-order valence-corrected chi connectivity index (χ1v) is 5.92. The molecule has 96 valence electrons. The fourth-order valence-electron chi connectivity index (χ4n) is 1.86. The number of nitrogens with one attached hydrogen (secondary N) is 1. The molecule has 1 aromatic carbocycles. The van der Waals surface area contributed by atoms with Crippen LogP contribution in [0.3, 0.4) is 0 Å². The van der Waals surface area contributed by atoms with Gasteiger partial charge in [-0.25, -0.2) is 8.78 Å². The average molecular weight is 272 g/mol. The smallest absolute Gasteiger partial charge is 0.198 e. The van der Waals surface area contributed by atoms with Crippen LogP contribution in [0.15, 0.2) is 34.9 Å². The summed E-state index contributed by atoms with van der Waals surface area (Å²) in [5, 5.41) is 3.33.